The Morgan fingerprint density at radius 2 is 2.06 bits per heavy atom. The minimum atomic E-state index is -0.689. The Labute approximate surface area is 106 Å². The van der Waals surface area contributed by atoms with E-state index in [1.54, 1.807) is 6.07 Å². The third kappa shape index (κ3) is 4.43. The first-order valence-corrected chi connectivity index (χ1v) is 5.61. The van der Waals surface area contributed by atoms with Gasteiger partial charge in [0.1, 0.15) is 5.82 Å². The standard InChI is InChI=1S/C13H18FNO3/c1-13(2,3)18-15-8-9-5-6-11(14)10(7-9)12(16)17-4/h5-7,15H,8H2,1-4H3. The number of carbonyl (C=O) groups excluding carboxylic acids is 1. The molecule has 18 heavy (non-hydrogen) atoms. The number of benzene rings is 1. The number of hydroxylamine groups is 1. The van der Waals surface area contributed by atoms with Crippen molar-refractivity contribution in [2.75, 3.05) is 7.11 Å². The second-order valence-corrected chi connectivity index (χ2v) is 4.84. The van der Waals surface area contributed by atoms with Crippen LogP contribution in [0.4, 0.5) is 4.39 Å². The summed E-state index contributed by atoms with van der Waals surface area (Å²) in [6.45, 7) is 6.10. The molecule has 0 bridgehead atoms. The van der Waals surface area contributed by atoms with E-state index in [9.17, 15) is 9.18 Å². The van der Waals surface area contributed by atoms with E-state index < -0.39 is 11.8 Å². The van der Waals surface area contributed by atoms with Crippen LogP contribution in [0, 0.1) is 5.82 Å². The van der Waals surface area contributed by atoms with Gasteiger partial charge in [-0.1, -0.05) is 6.07 Å². The number of methoxy groups -OCH3 is 1. The van der Waals surface area contributed by atoms with Crippen molar-refractivity contribution in [2.24, 2.45) is 0 Å². The number of carbonyl (C=O) groups is 1. The van der Waals surface area contributed by atoms with Crippen LogP contribution in [0.5, 0.6) is 0 Å². The van der Waals surface area contributed by atoms with Crippen LogP contribution < -0.4 is 5.48 Å². The SMILES string of the molecule is COC(=O)c1cc(CNOC(C)(C)C)ccc1F. The Morgan fingerprint density at radius 3 is 2.61 bits per heavy atom. The van der Waals surface area contributed by atoms with Crippen LogP contribution in [0.2, 0.25) is 0 Å². The van der Waals surface area contributed by atoms with Crippen LogP contribution in [0.25, 0.3) is 0 Å². The lowest BCUT2D eigenvalue weighted by Gasteiger charge is -2.19. The van der Waals surface area contributed by atoms with Gasteiger partial charge in [-0.05, 0) is 38.5 Å². The molecule has 0 heterocycles. The molecule has 5 heteroatoms. The first-order chi connectivity index (χ1) is 8.33. The van der Waals surface area contributed by atoms with Crippen molar-refractivity contribution in [2.45, 2.75) is 32.9 Å². The van der Waals surface area contributed by atoms with E-state index in [0.717, 1.165) is 5.56 Å². The summed E-state index contributed by atoms with van der Waals surface area (Å²) in [5, 5.41) is 0. The molecule has 0 radical (unpaired) electrons. The van der Waals surface area contributed by atoms with Crippen LogP contribution in [-0.2, 0) is 16.1 Å². The van der Waals surface area contributed by atoms with Gasteiger partial charge in [0.25, 0.3) is 0 Å². The zero-order valence-corrected chi connectivity index (χ0v) is 11.0. The Hall–Kier alpha value is -1.46. The van der Waals surface area contributed by atoms with E-state index in [-0.39, 0.29) is 11.2 Å². The highest BCUT2D eigenvalue weighted by Gasteiger charge is 2.13. The fraction of sp³-hybridized carbons (Fsp3) is 0.462. The molecule has 0 aliphatic heterocycles. The van der Waals surface area contributed by atoms with Gasteiger partial charge < -0.3 is 4.74 Å². The summed E-state index contributed by atoms with van der Waals surface area (Å²) in [5.74, 6) is -1.28. The van der Waals surface area contributed by atoms with Crippen LogP contribution in [0.1, 0.15) is 36.7 Å². The van der Waals surface area contributed by atoms with Gasteiger partial charge in [0.2, 0.25) is 0 Å². The Balaban J connectivity index is 2.71. The summed E-state index contributed by atoms with van der Waals surface area (Å²) in [5.41, 5.74) is 3.12. The topological polar surface area (TPSA) is 47.6 Å². The third-order valence-corrected chi connectivity index (χ3v) is 2.09. The predicted octanol–water partition coefficient (Wildman–Crippen LogP) is 2.43. The molecule has 1 aromatic carbocycles. The van der Waals surface area contributed by atoms with Crippen molar-refractivity contribution in [1.82, 2.24) is 5.48 Å². The maximum Gasteiger partial charge on any atom is 0.340 e. The molecule has 100 valence electrons. The zero-order chi connectivity index (χ0) is 13.8. The molecule has 1 rings (SSSR count). The molecule has 0 unspecified atom stereocenters. The third-order valence-electron chi connectivity index (χ3n) is 2.09. The average Bonchev–Trinajstić information content (AvgIpc) is 2.28. The molecule has 0 saturated heterocycles. The molecule has 1 N–H and O–H groups in total. The fourth-order valence-corrected chi connectivity index (χ4v) is 1.28. The lowest BCUT2D eigenvalue weighted by atomic mass is 10.1. The second-order valence-electron chi connectivity index (χ2n) is 4.84. The van der Waals surface area contributed by atoms with Gasteiger partial charge in [0.05, 0.1) is 18.3 Å². The number of rotatable bonds is 4. The highest BCUT2D eigenvalue weighted by atomic mass is 19.1. The molecule has 0 aliphatic rings. The maximum absolute atomic E-state index is 13.4. The number of hydrogen-bond donors (Lipinski definition) is 1. The highest BCUT2D eigenvalue weighted by molar-refractivity contribution is 5.89. The minimum absolute atomic E-state index is 0.0763. The molecule has 0 aromatic heterocycles. The van der Waals surface area contributed by atoms with E-state index in [0.29, 0.717) is 6.54 Å². The Morgan fingerprint density at radius 1 is 1.39 bits per heavy atom. The molecule has 0 aliphatic carbocycles. The maximum atomic E-state index is 13.4. The average molecular weight is 255 g/mol. The van der Waals surface area contributed by atoms with Crippen LogP contribution >= 0.6 is 0 Å². The van der Waals surface area contributed by atoms with Crippen molar-refractivity contribution in [3.05, 3.63) is 35.1 Å². The first kappa shape index (κ1) is 14.6. The van der Waals surface area contributed by atoms with Gasteiger partial charge in [-0.15, -0.1) is 0 Å². The van der Waals surface area contributed by atoms with Gasteiger partial charge >= 0.3 is 5.97 Å². The summed E-state index contributed by atoms with van der Waals surface area (Å²) >= 11 is 0. The van der Waals surface area contributed by atoms with E-state index in [1.165, 1.54) is 19.2 Å². The number of nitrogens with one attached hydrogen (secondary N) is 1. The molecule has 4 nitrogen and oxygen atoms in total. The lowest BCUT2D eigenvalue weighted by molar-refractivity contribution is -0.0757. The smallest absolute Gasteiger partial charge is 0.340 e. The van der Waals surface area contributed by atoms with E-state index in [4.69, 9.17) is 4.84 Å². The van der Waals surface area contributed by atoms with Gasteiger partial charge in [-0.2, -0.15) is 5.48 Å². The van der Waals surface area contributed by atoms with Crippen LogP contribution in [-0.4, -0.2) is 18.7 Å². The molecule has 0 fully saturated rings. The van der Waals surface area contributed by atoms with Crippen molar-refractivity contribution >= 4 is 5.97 Å². The van der Waals surface area contributed by atoms with Crippen LogP contribution in [0.3, 0.4) is 0 Å². The summed E-state index contributed by atoms with van der Waals surface area (Å²) in [6.07, 6.45) is 0. The Kier molecular flexibility index (Phi) is 4.81. The van der Waals surface area contributed by atoms with Crippen molar-refractivity contribution in [1.29, 1.82) is 0 Å². The van der Waals surface area contributed by atoms with E-state index in [1.807, 2.05) is 20.8 Å². The van der Waals surface area contributed by atoms with Crippen LogP contribution in [0.15, 0.2) is 18.2 Å². The lowest BCUT2D eigenvalue weighted by Crippen LogP contribution is -2.28. The first-order valence-electron chi connectivity index (χ1n) is 5.61. The molecular weight excluding hydrogens is 237 g/mol. The van der Waals surface area contributed by atoms with Crippen molar-refractivity contribution in [3.63, 3.8) is 0 Å². The largest absolute Gasteiger partial charge is 0.465 e. The van der Waals surface area contributed by atoms with Gasteiger partial charge in [-0.3, -0.25) is 4.84 Å². The number of hydrogen-bond acceptors (Lipinski definition) is 4. The molecule has 0 atom stereocenters. The van der Waals surface area contributed by atoms with Crippen molar-refractivity contribution in [3.8, 4) is 0 Å². The molecule has 0 spiro atoms. The number of ether oxygens (including phenoxy) is 1. The van der Waals surface area contributed by atoms with Gasteiger partial charge in [0, 0.05) is 6.54 Å². The fourth-order valence-electron chi connectivity index (χ4n) is 1.28. The highest BCUT2D eigenvalue weighted by Crippen LogP contribution is 2.12. The summed E-state index contributed by atoms with van der Waals surface area (Å²) < 4.78 is 17.9. The zero-order valence-electron chi connectivity index (χ0n) is 11.0. The number of halogens is 1. The van der Waals surface area contributed by atoms with E-state index in [2.05, 4.69) is 10.2 Å². The van der Waals surface area contributed by atoms with Gasteiger partial charge in [0.15, 0.2) is 0 Å². The molecule has 0 amide bonds. The summed E-state index contributed by atoms with van der Waals surface area (Å²) in [6, 6.07) is 4.27. The normalized spacial score (nSPS) is 11.4. The second kappa shape index (κ2) is 5.93. The van der Waals surface area contributed by atoms with Gasteiger partial charge in [-0.25, -0.2) is 9.18 Å². The van der Waals surface area contributed by atoms with Crippen molar-refractivity contribution < 1.29 is 18.8 Å². The minimum Gasteiger partial charge on any atom is -0.465 e. The van der Waals surface area contributed by atoms with E-state index >= 15 is 0 Å². The Bertz CT molecular complexity index is 427. The monoisotopic (exact) mass is 255 g/mol. The number of esters is 1. The summed E-state index contributed by atoms with van der Waals surface area (Å²) in [7, 11) is 1.22. The molecule has 1 aromatic rings. The molecule has 0 saturated carbocycles. The molecular formula is C13H18FNO3. The quantitative estimate of drug-likeness (QED) is 0.663. The summed E-state index contributed by atoms with van der Waals surface area (Å²) in [4.78, 5) is 16.6. The predicted molar refractivity (Wildman–Crippen MR) is 65.4 cm³/mol.